The summed E-state index contributed by atoms with van der Waals surface area (Å²) >= 11 is 0. The number of hydrogen-bond acceptors (Lipinski definition) is 1. The minimum atomic E-state index is -4.39. The van der Waals surface area contributed by atoms with Crippen LogP contribution >= 0.6 is 0 Å². The zero-order valence-electron chi connectivity index (χ0n) is 9.08. The van der Waals surface area contributed by atoms with Gasteiger partial charge in [0.25, 0.3) is 0 Å². The van der Waals surface area contributed by atoms with Gasteiger partial charge in [-0.3, -0.25) is 4.79 Å². The lowest BCUT2D eigenvalue weighted by molar-refractivity contribution is -0.139. The molecular formula is C12H11F3O2. The number of carboxylic acid groups (broad SMARTS) is 1. The van der Waals surface area contributed by atoms with E-state index in [1.165, 1.54) is 6.07 Å². The predicted octanol–water partition coefficient (Wildman–Crippen LogP) is 3.07. The largest absolute Gasteiger partial charge is 0.481 e. The average molecular weight is 244 g/mol. The maximum Gasteiger partial charge on any atom is 0.416 e. The van der Waals surface area contributed by atoms with Crippen molar-refractivity contribution in [2.75, 3.05) is 0 Å². The highest BCUT2D eigenvalue weighted by Gasteiger charge is 2.56. The predicted molar refractivity (Wildman–Crippen MR) is 54.5 cm³/mol. The summed E-state index contributed by atoms with van der Waals surface area (Å²) < 4.78 is 37.5. The second-order valence-corrected chi connectivity index (χ2v) is 4.59. The summed E-state index contributed by atoms with van der Waals surface area (Å²) in [5.41, 5.74) is -0.945. The summed E-state index contributed by atoms with van der Waals surface area (Å²) in [5.74, 6) is -1.53. The number of alkyl halides is 3. The Labute approximate surface area is 96.1 Å². The zero-order valence-corrected chi connectivity index (χ0v) is 9.08. The number of rotatable bonds is 2. The molecule has 0 spiro atoms. The number of carbonyl (C=O) groups is 1. The van der Waals surface area contributed by atoms with Crippen molar-refractivity contribution < 1.29 is 23.1 Å². The molecule has 17 heavy (non-hydrogen) atoms. The fourth-order valence-corrected chi connectivity index (χ4v) is 2.09. The summed E-state index contributed by atoms with van der Waals surface area (Å²) in [4.78, 5) is 10.8. The first-order chi connectivity index (χ1) is 7.75. The molecule has 1 aliphatic rings. The second-order valence-electron chi connectivity index (χ2n) is 4.59. The number of carboxylic acids is 1. The van der Waals surface area contributed by atoms with Crippen LogP contribution in [0.1, 0.15) is 24.5 Å². The zero-order chi connectivity index (χ0) is 12.8. The van der Waals surface area contributed by atoms with Crippen molar-refractivity contribution in [2.45, 2.75) is 24.9 Å². The summed E-state index contributed by atoms with van der Waals surface area (Å²) in [6, 6.07) is 4.91. The molecule has 0 radical (unpaired) electrons. The van der Waals surface area contributed by atoms with Crippen molar-refractivity contribution in [3.05, 3.63) is 35.4 Å². The van der Waals surface area contributed by atoms with E-state index in [-0.39, 0.29) is 0 Å². The smallest absolute Gasteiger partial charge is 0.416 e. The highest BCUT2D eigenvalue weighted by atomic mass is 19.4. The van der Waals surface area contributed by atoms with Gasteiger partial charge < -0.3 is 5.11 Å². The van der Waals surface area contributed by atoms with Gasteiger partial charge in [-0.1, -0.05) is 25.1 Å². The Hall–Kier alpha value is -1.52. The van der Waals surface area contributed by atoms with Crippen molar-refractivity contribution in [1.29, 1.82) is 0 Å². The summed E-state index contributed by atoms with van der Waals surface area (Å²) in [7, 11) is 0. The molecule has 1 aromatic rings. The van der Waals surface area contributed by atoms with Crippen LogP contribution < -0.4 is 0 Å². The van der Waals surface area contributed by atoms with E-state index in [1.807, 2.05) is 0 Å². The quantitative estimate of drug-likeness (QED) is 0.868. The molecule has 0 aromatic heterocycles. The molecule has 2 nitrogen and oxygen atoms in total. The van der Waals surface area contributed by atoms with Gasteiger partial charge in [0.1, 0.15) is 0 Å². The molecule has 92 valence electrons. The van der Waals surface area contributed by atoms with E-state index in [1.54, 1.807) is 13.0 Å². The van der Waals surface area contributed by atoms with Gasteiger partial charge in [0.15, 0.2) is 0 Å². The number of aliphatic carboxylic acids is 1. The first kappa shape index (κ1) is 12.0. The Morgan fingerprint density at radius 2 is 2.12 bits per heavy atom. The van der Waals surface area contributed by atoms with Crippen LogP contribution in [0.4, 0.5) is 13.2 Å². The van der Waals surface area contributed by atoms with Crippen molar-refractivity contribution >= 4 is 5.97 Å². The highest BCUT2D eigenvalue weighted by molar-refractivity contribution is 5.77. The lowest BCUT2D eigenvalue weighted by Crippen LogP contribution is -2.13. The Kier molecular flexibility index (Phi) is 2.45. The minimum Gasteiger partial charge on any atom is -0.481 e. The van der Waals surface area contributed by atoms with Crippen molar-refractivity contribution in [1.82, 2.24) is 0 Å². The van der Waals surface area contributed by atoms with Crippen LogP contribution in [-0.4, -0.2) is 11.1 Å². The van der Waals surface area contributed by atoms with Gasteiger partial charge in [-0.15, -0.1) is 0 Å². The van der Waals surface area contributed by atoms with Crippen molar-refractivity contribution in [2.24, 2.45) is 5.92 Å². The molecule has 2 rings (SSSR count). The molecule has 2 unspecified atom stereocenters. The van der Waals surface area contributed by atoms with Gasteiger partial charge in [-0.2, -0.15) is 13.2 Å². The van der Waals surface area contributed by atoms with Crippen LogP contribution in [0, 0.1) is 5.92 Å². The summed E-state index contributed by atoms with van der Waals surface area (Å²) in [6.45, 7) is 1.68. The van der Waals surface area contributed by atoms with Crippen LogP contribution in [0.15, 0.2) is 24.3 Å². The Balaban J connectivity index is 2.33. The van der Waals surface area contributed by atoms with Crippen LogP contribution in [0.25, 0.3) is 0 Å². The molecule has 0 bridgehead atoms. The monoisotopic (exact) mass is 244 g/mol. The first-order valence-electron chi connectivity index (χ1n) is 5.16. The Bertz CT molecular complexity index is 467. The molecule has 0 amide bonds. The standard InChI is InChI=1S/C12H11F3O2/c1-11(6-9(11)10(16)17)7-3-2-4-8(5-7)12(13,14)15/h2-5,9H,6H2,1H3,(H,16,17). The van der Waals surface area contributed by atoms with Crippen LogP contribution in [-0.2, 0) is 16.4 Å². The van der Waals surface area contributed by atoms with Crippen molar-refractivity contribution in [3.8, 4) is 0 Å². The molecule has 1 N–H and O–H groups in total. The summed E-state index contributed by atoms with van der Waals surface area (Å²) in [5, 5.41) is 8.86. The van der Waals surface area contributed by atoms with E-state index >= 15 is 0 Å². The van der Waals surface area contributed by atoms with E-state index < -0.39 is 29.0 Å². The first-order valence-corrected chi connectivity index (χ1v) is 5.16. The molecule has 2 atom stereocenters. The van der Waals surface area contributed by atoms with Crippen LogP contribution in [0.5, 0.6) is 0 Å². The van der Waals surface area contributed by atoms with Gasteiger partial charge in [-0.05, 0) is 18.1 Å². The highest BCUT2D eigenvalue weighted by Crippen LogP contribution is 2.54. The lowest BCUT2D eigenvalue weighted by Gasteiger charge is -2.13. The van der Waals surface area contributed by atoms with Crippen LogP contribution in [0.3, 0.4) is 0 Å². The van der Waals surface area contributed by atoms with Gasteiger partial charge in [-0.25, -0.2) is 0 Å². The fraction of sp³-hybridized carbons (Fsp3) is 0.417. The normalized spacial score (nSPS) is 27.9. The van der Waals surface area contributed by atoms with Gasteiger partial charge in [0, 0.05) is 5.41 Å². The van der Waals surface area contributed by atoms with Crippen molar-refractivity contribution in [3.63, 3.8) is 0 Å². The third-order valence-electron chi connectivity index (χ3n) is 3.38. The molecule has 0 aliphatic heterocycles. The summed E-state index contributed by atoms with van der Waals surface area (Å²) in [6.07, 6.45) is -4.00. The third-order valence-corrected chi connectivity index (χ3v) is 3.38. The van der Waals surface area contributed by atoms with E-state index in [9.17, 15) is 18.0 Å². The third kappa shape index (κ3) is 2.01. The topological polar surface area (TPSA) is 37.3 Å². The van der Waals surface area contributed by atoms with E-state index in [2.05, 4.69) is 0 Å². The number of hydrogen-bond donors (Lipinski definition) is 1. The van der Waals surface area contributed by atoms with Crippen LogP contribution in [0.2, 0.25) is 0 Å². The van der Waals surface area contributed by atoms with Gasteiger partial charge in [0.05, 0.1) is 11.5 Å². The molecular weight excluding hydrogens is 233 g/mol. The minimum absolute atomic E-state index is 0.393. The maximum absolute atomic E-state index is 12.5. The number of benzene rings is 1. The van der Waals surface area contributed by atoms with E-state index in [4.69, 9.17) is 5.11 Å². The number of halogens is 3. The molecule has 0 heterocycles. The van der Waals surface area contributed by atoms with Gasteiger partial charge >= 0.3 is 12.1 Å². The molecule has 1 fully saturated rings. The maximum atomic E-state index is 12.5. The SMILES string of the molecule is CC1(c2cccc(C(F)(F)F)c2)CC1C(=O)O. The Morgan fingerprint density at radius 1 is 1.47 bits per heavy atom. The second kappa shape index (κ2) is 3.48. The van der Waals surface area contributed by atoms with E-state index in [0.29, 0.717) is 12.0 Å². The fourth-order valence-electron chi connectivity index (χ4n) is 2.09. The lowest BCUT2D eigenvalue weighted by atomic mass is 9.94. The molecule has 1 aromatic carbocycles. The molecule has 5 heteroatoms. The van der Waals surface area contributed by atoms with Gasteiger partial charge in [0.2, 0.25) is 0 Å². The Morgan fingerprint density at radius 3 is 2.59 bits per heavy atom. The molecule has 1 saturated carbocycles. The van der Waals surface area contributed by atoms with E-state index in [0.717, 1.165) is 12.1 Å². The average Bonchev–Trinajstić information content (AvgIpc) is 2.92. The molecule has 0 saturated heterocycles. The molecule has 1 aliphatic carbocycles.